The lowest BCUT2D eigenvalue weighted by Crippen LogP contribution is -2.21. The lowest BCUT2D eigenvalue weighted by molar-refractivity contribution is 0.0594. The molecular formula is C13H16N2O3S. The van der Waals surface area contributed by atoms with Gasteiger partial charge in [-0.2, -0.15) is 11.3 Å². The van der Waals surface area contributed by atoms with E-state index in [4.69, 9.17) is 0 Å². The summed E-state index contributed by atoms with van der Waals surface area (Å²) in [7, 11) is 1.35. The Hall–Kier alpha value is -1.63. The van der Waals surface area contributed by atoms with Crippen LogP contribution in [0.25, 0.3) is 0 Å². The molecule has 0 fully saturated rings. The van der Waals surface area contributed by atoms with Crippen LogP contribution in [0.15, 0.2) is 29.0 Å². The van der Waals surface area contributed by atoms with Crippen molar-refractivity contribution in [2.45, 2.75) is 12.6 Å². The summed E-state index contributed by atoms with van der Waals surface area (Å²) in [4.78, 5) is 14.2. The summed E-state index contributed by atoms with van der Waals surface area (Å²) in [5.74, 6) is -0.385. The number of aromatic nitrogens is 1. The summed E-state index contributed by atoms with van der Waals surface area (Å²) in [6.07, 6.45) is -0.513. The molecule has 0 bridgehead atoms. The fraction of sp³-hybridized carbons (Fsp3) is 0.308. The van der Waals surface area contributed by atoms with Gasteiger partial charge in [-0.3, -0.25) is 0 Å². The van der Waals surface area contributed by atoms with Gasteiger partial charge in [-0.1, -0.05) is 0 Å². The Balaban J connectivity index is 1.79. The summed E-state index contributed by atoms with van der Waals surface area (Å²) < 4.78 is 4.61. The maximum atomic E-state index is 11.3. The summed E-state index contributed by atoms with van der Waals surface area (Å²) in [5, 5.41) is 16.9. The van der Waals surface area contributed by atoms with E-state index in [1.165, 1.54) is 7.11 Å². The fourth-order valence-corrected chi connectivity index (χ4v) is 2.41. The Kier molecular flexibility index (Phi) is 4.73. The zero-order valence-electron chi connectivity index (χ0n) is 10.6. The number of carbonyl (C=O) groups excluding carboxylic acids is 1. The van der Waals surface area contributed by atoms with Gasteiger partial charge in [0.1, 0.15) is 5.69 Å². The smallest absolute Gasteiger partial charge is 0.354 e. The van der Waals surface area contributed by atoms with Gasteiger partial charge in [0.15, 0.2) is 0 Å². The first-order valence-electron chi connectivity index (χ1n) is 5.88. The number of nitrogens with one attached hydrogen (secondary N) is 2. The number of rotatable bonds is 6. The molecule has 5 nitrogen and oxygen atoms in total. The van der Waals surface area contributed by atoms with Crippen molar-refractivity contribution in [3.05, 3.63) is 45.9 Å². The SMILES string of the molecule is COC(=O)c1ccc(CNCC(O)c2ccsc2)[nH]1. The number of carbonyl (C=O) groups is 1. The van der Waals surface area contributed by atoms with Gasteiger partial charge >= 0.3 is 5.97 Å². The predicted molar refractivity (Wildman–Crippen MR) is 73.1 cm³/mol. The van der Waals surface area contributed by atoms with E-state index in [9.17, 15) is 9.90 Å². The number of H-pyrrole nitrogens is 1. The van der Waals surface area contributed by atoms with Gasteiger partial charge in [0.25, 0.3) is 0 Å². The van der Waals surface area contributed by atoms with Crippen molar-refractivity contribution in [3.63, 3.8) is 0 Å². The van der Waals surface area contributed by atoms with Crippen molar-refractivity contribution in [2.24, 2.45) is 0 Å². The number of esters is 1. The van der Waals surface area contributed by atoms with Gasteiger partial charge in [-0.25, -0.2) is 4.79 Å². The molecule has 0 radical (unpaired) electrons. The van der Waals surface area contributed by atoms with Crippen LogP contribution in [-0.4, -0.2) is 29.7 Å². The van der Waals surface area contributed by atoms with E-state index >= 15 is 0 Å². The standard InChI is InChI=1S/C13H16N2O3S/c1-18-13(17)11-3-2-10(15-11)6-14-7-12(16)9-4-5-19-8-9/h2-5,8,12,14-16H,6-7H2,1H3. The molecule has 0 aliphatic carbocycles. The summed E-state index contributed by atoms with van der Waals surface area (Å²) >= 11 is 1.56. The second-order valence-electron chi connectivity index (χ2n) is 4.09. The van der Waals surface area contributed by atoms with Crippen molar-refractivity contribution in [1.82, 2.24) is 10.3 Å². The molecule has 2 rings (SSSR count). The van der Waals surface area contributed by atoms with Gasteiger partial charge in [0.2, 0.25) is 0 Å². The average molecular weight is 280 g/mol. The molecule has 2 heterocycles. The predicted octanol–water partition coefficient (Wildman–Crippen LogP) is 1.69. The molecular weight excluding hydrogens is 264 g/mol. The zero-order valence-corrected chi connectivity index (χ0v) is 11.4. The average Bonchev–Trinajstić information content (AvgIpc) is 3.08. The van der Waals surface area contributed by atoms with Crippen LogP contribution in [0.3, 0.4) is 0 Å². The van der Waals surface area contributed by atoms with Crippen molar-refractivity contribution in [2.75, 3.05) is 13.7 Å². The van der Waals surface area contributed by atoms with E-state index < -0.39 is 6.10 Å². The Bertz CT molecular complexity index is 522. The Morgan fingerprint density at radius 2 is 2.37 bits per heavy atom. The van der Waals surface area contributed by atoms with E-state index in [0.29, 0.717) is 18.8 Å². The molecule has 0 aromatic carbocycles. The summed E-state index contributed by atoms with van der Waals surface area (Å²) in [5.41, 5.74) is 2.22. The highest BCUT2D eigenvalue weighted by Gasteiger charge is 2.09. The van der Waals surface area contributed by atoms with Gasteiger partial charge in [-0.05, 0) is 34.5 Å². The molecule has 19 heavy (non-hydrogen) atoms. The summed E-state index contributed by atoms with van der Waals surface area (Å²) in [6, 6.07) is 5.40. The first-order chi connectivity index (χ1) is 9.20. The van der Waals surface area contributed by atoms with E-state index in [-0.39, 0.29) is 5.97 Å². The van der Waals surface area contributed by atoms with Crippen LogP contribution in [-0.2, 0) is 11.3 Å². The maximum absolute atomic E-state index is 11.3. The highest BCUT2D eigenvalue weighted by molar-refractivity contribution is 7.07. The number of aliphatic hydroxyl groups excluding tert-OH is 1. The molecule has 2 aromatic heterocycles. The van der Waals surface area contributed by atoms with Crippen molar-refractivity contribution < 1.29 is 14.6 Å². The molecule has 2 aromatic rings. The quantitative estimate of drug-likeness (QED) is 0.704. The molecule has 1 unspecified atom stereocenters. The van der Waals surface area contributed by atoms with Crippen LogP contribution in [0.5, 0.6) is 0 Å². The molecule has 6 heteroatoms. The zero-order chi connectivity index (χ0) is 13.7. The highest BCUT2D eigenvalue weighted by atomic mass is 32.1. The maximum Gasteiger partial charge on any atom is 0.354 e. The first-order valence-corrected chi connectivity index (χ1v) is 6.82. The van der Waals surface area contributed by atoms with Crippen molar-refractivity contribution >= 4 is 17.3 Å². The minimum Gasteiger partial charge on any atom is -0.464 e. The third-order valence-corrected chi connectivity index (χ3v) is 3.43. The lowest BCUT2D eigenvalue weighted by atomic mass is 10.2. The first kappa shape index (κ1) is 13.8. The topological polar surface area (TPSA) is 74.3 Å². The second-order valence-corrected chi connectivity index (χ2v) is 4.87. The van der Waals surface area contributed by atoms with Gasteiger partial charge < -0.3 is 20.1 Å². The van der Waals surface area contributed by atoms with Gasteiger partial charge in [0.05, 0.1) is 13.2 Å². The molecule has 1 atom stereocenters. The molecule has 0 aliphatic rings. The minimum atomic E-state index is -0.513. The second kappa shape index (κ2) is 6.51. The van der Waals surface area contributed by atoms with Gasteiger partial charge in [-0.15, -0.1) is 0 Å². The Morgan fingerprint density at radius 1 is 1.53 bits per heavy atom. The highest BCUT2D eigenvalue weighted by Crippen LogP contribution is 2.15. The minimum absolute atomic E-state index is 0.385. The van der Waals surface area contributed by atoms with Crippen molar-refractivity contribution in [3.8, 4) is 0 Å². The van der Waals surface area contributed by atoms with E-state index in [1.807, 2.05) is 22.9 Å². The van der Waals surface area contributed by atoms with Gasteiger partial charge in [0, 0.05) is 18.8 Å². The van der Waals surface area contributed by atoms with Crippen LogP contribution < -0.4 is 5.32 Å². The molecule has 0 saturated carbocycles. The molecule has 0 saturated heterocycles. The lowest BCUT2D eigenvalue weighted by Gasteiger charge is -2.09. The van der Waals surface area contributed by atoms with Crippen LogP contribution in [0.2, 0.25) is 0 Å². The number of thiophene rings is 1. The Morgan fingerprint density at radius 3 is 3.05 bits per heavy atom. The Labute approximate surface area is 115 Å². The molecule has 0 spiro atoms. The molecule has 3 N–H and O–H groups in total. The van der Waals surface area contributed by atoms with Crippen LogP contribution >= 0.6 is 11.3 Å². The monoisotopic (exact) mass is 280 g/mol. The number of ether oxygens (including phenoxy) is 1. The third-order valence-electron chi connectivity index (χ3n) is 2.73. The molecule has 102 valence electrons. The number of methoxy groups -OCH3 is 1. The fourth-order valence-electron chi connectivity index (χ4n) is 1.70. The number of hydrogen-bond donors (Lipinski definition) is 3. The largest absolute Gasteiger partial charge is 0.464 e. The van der Waals surface area contributed by atoms with Crippen LogP contribution in [0.1, 0.15) is 27.8 Å². The van der Waals surface area contributed by atoms with E-state index in [1.54, 1.807) is 17.4 Å². The van der Waals surface area contributed by atoms with E-state index in [0.717, 1.165) is 11.3 Å². The molecule has 0 amide bonds. The molecule has 0 aliphatic heterocycles. The number of hydrogen-bond acceptors (Lipinski definition) is 5. The normalized spacial score (nSPS) is 12.3. The van der Waals surface area contributed by atoms with Crippen LogP contribution in [0, 0.1) is 0 Å². The number of aliphatic hydroxyl groups is 1. The van der Waals surface area contributed by atoms with Crippen molar-refractivity contribution in [1.29, 1.82) is 0 Å². The van der Waals surface area contributed by atoms with E-state index in [2.05, 4.69) is 15.0 Å². The third kappa shape index (κ3) is 3.66. The van der Waals surface area contributed by atoms with Crippen LogP contribution in [0.4, 0.5) is 0 Å². The number of aromatic amines is 1. The summed E-state index contributed by atoms with van der Waals surface area (Å²) in [6.45, 7) is 1.02.